The quantitative estimate of drug-likeness (QED) is 0.600. The summed E-state index contributed by atoms with van der Waals surface area (Å²) in [5, 5.41) is 4.88. The van der Waals surface area contributed by atoms with Crippen molar-refractivity contribution in [2.24, 2.45) is 0 Å². The number of imidazole rings is 1. The van der Waals surface area contributed by atoms with Crippen LogP contribution in [0.4, 0.5) is 0 Å². The van der Waals surface area contributed by atoms with Gasteiger partial charge >= 0.3 is 0 Å². The Hall–Kier alpha value is -1.34. The van der Waals surface area contributed by atoms with Gasteiger partial charge in [-0.05, 0) is 12.2 Å². The average Bonchev–Trinajstić information content (AvgIpc) is 3.07. The fraction of sp³-hybridized carbons (Fsp3) is 0.462. The van der Waals surface area contributed by atoms with E-state index in [4.69, 9.17) is 0 Å². The monoisotopic (exact) mass is 310 g/mol. The van der Waals surface area contributed by atoms with Crippen molar-refractivity contribution in [1.29, 1.82) is 0 Å². The molecule has 5 nitrogen and oxygen atoms in total. The molecule has 2 aromatic rings. The Labute approximate surface area is 126 Å². The molecular weight excluding hydrogens is 292 g/mol. The fourth-order valence-electron chi connectivity index (χ4n) is 1.69. The van der Waals surface area contributed by atoms with Crippen molar-refractivity contribution in [1.82, 2.24) is 19.9 Å². The van der Waals surface area contributed by atoms with Crippen LogP contribution in [0.5, 0.6) is 0 Å². The van der Waals surface area contributed by atoms with Crippen LogP contribution in [0.1, 0.15) is 19.0 Å². The van der Waals surface area contributed by atoms with Crippen LogP contribution in [-0.2, 0) is 17.8 Å². The number of nitrogens with one attached hydrogen (secondary N) is 1. The highest BCUT2D eigenvalue weighted by Crippen LogP contribution is 2.22. The predicted octanol–water partition coefficient (Wildman–Crippen LogP) is 2.20. The van der Waals surface area contributed by atoms with Crippen LogP contribution in [-0.4, -0.2) is 32.7 Å². The number of rotatable bonds is 8. The summed E-state index contributed by atoms with van der Waals surface area (Å²) in [6.07, 6.45) is 6.72. The minimum atomic E-state index is 0.0361. The first-order chi connectivity index (χ1) is 9.78. The van der Waals surface area contributed by atoms with Crippen molar-refractivity contribution in [3.8, 4) is 0 Å². The van der Waals surface area contributed by atoms with Crippen LogP contribution >= 0.6 is 23.1 Å². The summed E-state index contributed by atoms with van der Waals surface area (Å²) < 4.78 is 3.04. The fourth-order valence-corrected chi connectivity index (χ4v) is 3.44. The Balaban J connectivity index is 1.64. The molecule has 1 amide bonds. The van der Waals surface area contributed by atoms with Crippen molar-refractivity contribution in [2.45, 2.75) is 30.6 Å². The smallest absolute Gasteiger partial charge is 0.226 e. The second kappa shape index (κ2) is 8.06. The van der Waals surface area contributed by atoms with Gasteiger partial charge < -0.3 is 9.88 Å². The molecule has 0 saturated carbocycles. The second-order valence-corrected chi connectivity index (χ2v) is 6.59. The number of aryl methyl sites for hydroxylation is 1. The van der Waals surface area contributed by atoms with E-state index in [9.17, 15) is 4.79 Å². The Morgan fingerprint density at radius 3 is 3.20 bits per heavy atom. The number of thioether (sulfide) groups is 1. The number of nitrogens with zero attached hydrogens (tertiary/aromatic N) is 3. The van der Waals surface area contributed by atoms with Crippen LogP contribution in [0, 0.1) is 0 Å². The van der Waals surface area contributed by atoms with Gasteiger partial charge in [-0.3, -0.25) is 4.79 Å². The lowest BCUT2D eigenvalue weighted by atomic mass is 10.3. The maximum Gasteiger partial charge on any atom is 0.226 e. The van der Waals surface area contributed by atoms with E-state index in [0.717, 1.165) is 28.8 Å². The molecule has 0 radical (unpaired) electrons. The summed E-state index contributed by atoms with van der Waals surface area (Å²) in [6.45, 7) is 3.64. The van der Waals surface area contributed by atoms with Crippen LogP contribution in [0.15, 0.2) is 28.4 Å². The molecule has 2 heterocycles. The van der Waals surface area contributed by atoms with Crippen LogP contribution < -0.4 is 5.32 Å². The topological polar surface area (TPSA) is 59.8 Å². The molecule has 0 fully saturated rings. The van der Waals surface area contributed by atoms with E-state index in [1.807, 2.05) is 16.1 Å². The minimum Gasteiger partial charge on any atom is -0.356 e. The molecule has 0 atom stereocenters. The van der Waals surface area contributed by atoms with E-state index in [-0.39, 0.29) is 5.91 Å². The molecule has 0 saturated heterocycles. The highest BCUT2D eigenvalue weighted by atomic mass is 32.2. The molecule has 0 bridgehead atoms. The van der Waals surface area contributed by atoms with Gasteiger partial charge in [0.1, 0.15) is 4.34 Å². The summed E-state index contributed by atoms with van der Waals surface area (Å²) in [7, 11) is 0. The number of carbonyl (C=O) groups is 1. The zero-order chi connectivity index (χ0) is 14.2. The Kier molecular flexibility index (Phi) is 6.07. The third-order valence-electron chi connectivity index (χ3n) is 2.61. The van der Waals surface area contributed by atoms with Gasteiger partial charge in [0.15, 0.2) is 0 Å². The molecule has 1 N–H and O–H groups in total. The molecular formula is C13H18N4OS2. The summed E-state index contributed by atoms with van der Waals surface area (Å²) in [6, 6.07) is 0. The van der Waals surface area contributed by atoms with Crippen LogP contribution in [0.25, 0.3) is 0 Å². The van der Waals surface area contributed by atoms with Crippen molar-refractivity contribution in [3.63, 3.8) is 0 Å². The number of hydrogen-bond donors (Lipinski definition) is 1. The third kappa shape index (κ3) is 4.97. The Morgan fingerprint density at radius 1 is 1.55 bits per heavy atom. The molecule has 20 heavy (non-hydrogen) atoms. The summed E-state index contributed by atoms with van der Waals surface area (Å²) in [5.41, 5.74) is 0.859. The van der Waals surface area contributed by atoms with Gasteiger partial charge in [0.2, 0.25) is 5.91 Å². The molecule has 0 aliphatic rings. The minimum absolute atomic E-state index is 0.0361. The van der Waals surface area contributed by atoms with E-state index < -0.39 is 0 Å². The lowest BCUT2D eigenvalue weighted by molar-refractivity contribution is -0.120. The molecule has 0 aromatic carbocycles. The third-order valence-corrected chi connectivity index (χ3v) is 4.57. The SMILES string of the molecule is CCSc1nc(CC(=O)NCCCn2ccnc2)cs1. The van der Waals surface area contributed by atoms with Gasteiger partial charge in [-0.2, -0.15) is 0 Å². The van der Waals surface area contributed by atoms with E-state index >= 15 is 0 Å². The number of amides is 1. The predicted molar refractivity (Wildman–Crippen MR) is 82.1 cm³/mol. The molecule has 0 aliphatic carbocycles. The first-order valence-electron chi connectivity index (χ1n) is 6.57. The van der Waals surface area contributed by atoms with Gasteiger partial charge in [0, 0.05) is 30.9 Å². The second-order valence-electron chi connectivity index (χ2n) is 4.22. The molecule has 0 aliphatic heterocycles. The van der Waals surface area contributed by atoms with Crippen molar-refractivity contribution in [2.75, 3.05) is 12.3 Å². The van der Waals surface area contributed by atoms with E-state index in [2.05, 4.69) is 22.2 Å². The molecule has 2 aromatic heterocycles. The lowest BCUT2D eigenvalue weighted by Crippen LogP contribution is -2.26. The van der Waals surface area contributed by atoms with E-state index in [0.29, 0.717) is 13.0 Å². The molecule has 0 unspecified atom stereocenters. The summed E-state index contributed by atoms with van der Waals surface area (Å²) in [5.74, 6) is 1.04. The number of thiazole rings is 1. The first kappa shape index (κ1) is 15.1. The van der Waals surface area contributed by atoms with Crippen molar-refractivity contribution >= 4 is 29.0 Å². The lowest BCUT2D eigenvalue weighted by Gasteiger charge is -2.04. The largest absolute Gasteiger partial charge is 0.356 e. The maximum absolute atomic E-state index is 11.8. The van der Waals surface area contributed by atoms with Gasteiger partial charge in [0.25, 0.3) is 0 Å². The van der Waals surface area contributed by atoms with Crippen molar-refractivity contribution in [3.05, 3.63) is 29.8 Å². The standard InChI is InChI=1S/C13H18N4OS2/c1-2-19-13-16-11(9-20-13)8-12(18)15-4-3-6-17-7-5-14-10-17/h5,7,9-10H,2-4,6,8H2,1H3,(H,15,18). The maximum atomic E-state index is 11.8. The molecule has 108 valence electrons. The Morgan fingerprint density at radius 2 is 2.45 bits per heavy atom. The van der Waals surface area contributed by atoms with Gasteiger partial charge in [-0.15, -0.1) is 11.3 Å². The van der Waals surface area contributed by atoms with Gasteiger partial charge in [-0.25, -0.2) is 9.97 Å². The molecule has 0 spiro atoms. The number of carbonyl (C=O) groups excluding carboxylic acids is 1. The molecule has 2 rings (SSSR count). The normalized spacial score (nSPS) is 10.7. The average molecular weight is 310 g/mol. The van der Waals surface area contributed by atoms with Gasteiger partial charge in [0.05, 0.1) is 18.4 Å². The summed E-state index contributed by atoms with van der Waals surface area (Å²) in [4.78, 5) is 20.2. The highest BCUT2D eigenvalue weighted by molar-refractivity contribution is 8.00. The number of aromatic nitrogens is 3. The van der Waals surface area contributed by atoms with E-state index in [1.54, 1.807) is 35.6 Å². The van der Waals surface area contributed by atoms with Gasteiger partial charge in [-0.1, -0.05) is 18.7 Å². The van der Waals surface area contributed by atoms with Crippen LogP contribution in [0.3, 0.4) is 0 Å². The Bertz CT molecular complexity index is 524. The zero-order valence-electron chi connectivity index (χ0n) is 11.4. The summed E-state index contributed by atoms with van der Waals surface area (Å²) >= 11 is 3.31. The first-order valence-corrected chi connectivity index (χ1v) is 8.44. The van der Waals surface area contributed by atoms with Crippen LogP contribution in [0.2, 0.25) is 0 Å². The van der Waals surface area contributed by atoms with Crippen molar-refractivity contribution < 1.29 is 4.79 Å². The molecule has 7 heteroatoms. The zero-order valence-corrected chi connectivity index (χ0v) is 13.0. The highest BCUT2D eigenvalue weighted by Gasteiger charge is 2.07. The van der Waals surface area contributed by atoms with E-state index in [1.165, 1.54) is 0 Å². The number of hydrogen-bond acceptors (Lipinski definition) is 5.